The van der Waals surface area contributed by atoms with Crippen LogP contribution in [0.2, 0.25) is 0 Å². The zero-order valence-electron chi connectivity index (χ0n) is 48.7. The molecular formula is C49H86ClN4NaO23. The Labute approximate surface area is 485 Å². The van der Waals surface area contributed by atoms with Crippen LogP contribution in [-0.2, 0) is 62.0 Å². The van der Waals surface area contributed by atoms with E-state index in [0.29, 0.717) is 50.2 Å². The van der Waals surface area contributed by atoms with Crippen molar-refractivity contribution in [2.24, 2.45) is 21.7 Å². The van der Waals surface area contributed by atoms with Gasteiger partial charge in [0.1, 0.15) is 28.0 Å². The van der Waals surface area contributed by atoms with Gasteiger partial charge in [0.15, 0.2) is 0 Å². The van der Waals surface area contributed by atoms with Crippen molar-refractivity contribution < 1.29 is 141 Å². The van der Waals surface area contributed by atoms with Gasteiger partial charge in [-0.2, -0.15) is 5.06 Å². The third kappa shape index (κ3) is 32.4. The van der Waals surface area contributed by atoms with E-state index >= 15 is 0 Å². The Kier molecular flexibility index (Phi) is 31.8. The SMILES string of the molecule is CC(C)(C)OC(=O)N(O)CC1(C(=O)[O-])CC1.CC(C)(C)OC(=O)NOC(=O)OC(C)(C)C.CCOC(=O)C1(CN(OC(=O)OC(C)(C)C)C(=O)OC(C)(C)C)CC1.CCOC(=O)C1(CO)CC1.Cl.O=C(O)C1(CNO)CC1.[Na+]. The maximum atomic E-state index is 12.4. The van der Waals surface area contributed by atoms with E-state index in [9.17, 15) is 53.5 Å². The maximum absolute atomic E-state index is 12.4. The second kappa shape index (κ2) is 32.0. The summed E-state index contributed by atoms with van der Waals surface area (Å²) in [5, 5.41) is 46.6. The number of carbonyl (C=O) groups is 9. The van der Waals surface area contributed by atoms with Gasteiger partial charge in [-0.05, 0) is 169 Å². The number of aliphatic hydroxyl groups excluding tert-OH is 1. The molecule has 4 saturated carbocycles. The average Bonchev–Trinajstić information content (AvgIpc) is 4.04. The maximum Gasteiger partial charge on any atom is 1.00 e. The van der Waals surface area contributed by atoms with Crippen molar-refractivity contribution in [1.82, 2.24) is 21.1 Å². The Morgan fingerprint density at radius 3 is 1.23 bits per heavy atom. The van der Waals surface area contributed by atoms with E-state index in [0.717, 1.165) is 17.9 Å². The number of amides is 3. The number of aliphatic hydroxyl groups is 1. The first-order chi connectivity index (χ1) is 34.4. The zero-order chi connectivity index (χ0) is 59.5. The molecule has 6 N–H and O–H groups in total. The number of nitrogens with zero attached hydrogens (tertiary/aromatic N) is 2. The van der Waals surface area contributed by atoms with Crippen LogP contribution in [0.1, 0.15) is 169 Å². The van der Waals surface area contributed by atoms with Gasteiger partial charge in [0, 0.05) is 17.9 Å². The second-order valence-electron chi connectivity index (χ2n) is 23.4. The molecule has 0 heterocycles. The molecular weight excluding hydrogens is 1070 g/mol. The van der Waals surface area contributed by atoms with Crippen LogP contribution < -0.4 is 45.6 Å². The van der Waals surface area contributed by atoms with Gasteiger partial charge < -0.3 is 68.2 Å². The van der Waals surface area contributed by atoms with Crippen molar-refractivity contribution in [3.63, 3.8) is 0 Å². The molecule has 0 spiro atoms. The third-order valence-electron chi connectivity index (χ3n) is 10.1. The summed E-state index contributed by atoms with van der Waals surface area (Å²) in [6.45, 7) is 29.0. The molecule has 0 aromatic carbocycles. The van der Waals surface area contributed by atoms with Crippen molar-refractivity contribution in [1.29, 1.82) is 0 Å². The van der Waals surface area contributed by atoms with Crippen molar-refractivity contribution in [3.8, 4) is 0 Å². The van der Waals surface area contributed by atoms with Crippen LogP contribution in [0.4, 0.5) is 24.0 Å². The molecule has 27 nitrogen and oxygen atoms in total. The number of aliphatic carboxylic acids is 2. The van der Waals surface area contributed by atoms with Crippen LogP contribution in [0.25, 0.3) is 0 Å². The molecule has 0 unspecified atom stereocenters. The smallest absolute Gasteiger partial charge is 0.549 e. The largest absolute Gasteiger partial charge is 1.00 e. The molecule has 0 radical (unpaired) electrons. The Morgan fingerprint density at radius 1 is 0.551 bits per heavy atom. The number of ether oxygens (including phenoxy) is 7. The molecule has 0 aromatic heterocycles. The van der Waals surface area contributed by atoms with Crippen molar-refractivity contribution in [3.05, 3.63) is 0 Å². The Morgan fingerprint density at radius 2 is 0.923 bits per heavy atom. The number of carbonyl (C=O) groups excluding carboxylic acids is 8. The van der Waals surface area contributed by atoms with Crippen molar-refractivity contribution in [2.45, 2.75) is 197 Å². The van der Waals surface area contributed by atoms with E-state index in [1.807, 2.05) is 11.0 Å². The summed E-state index contributed by atoms with van der Waals surface area (Å²) in [5.41, 5.74) is -3.03. The second-order valence-corrected chi connectivity index (χ2v) is 23.4. The van der Waals surface area contributed by atoms with Gasteiger partial charge in [0.05, 0.1) is 49.2 Å². The topological polar surface area (TPSA) is 371 Å². The normalized spacial score (nSPS) is 16.2. The van der Waals surface area contributed by atoms with Crippen LogP contribution in [-0.4, -0.2) is 153 Å². The molecule has 3 amide bonds. The fourth-order valence-corrected chi connectivity index (χ4v) is 5.47. The molecule has 78 heavy (non-hydrogen) atoms. The summed E-state index contributed by atoms with van der Waals surface area (Å²) in [5.74, 6) is -2.71. The number of halogens is 1. The fourth-order valence-electron chi connectivity index (χ4n) is 5.47. The van der Waals surface area contributed by atoms with Crippen LogP contribution in [0.3, 0.4) is 0 Å². The molecule has 0 bridgehead atoms. The Balaban J connectivity index is -0.000000937. The van der Waals surface area contributed by atoms with E-state index in [1.54, 1.807) is 118 Å². The average molecular weight is 1160 g/mol. The van der Waals surface area contributed by atoms with Crippen LogP contribution >= 0.6 is 12.4 Å². The van der Waals surface area contributed by atoms with E-state index in [-0.39, 0.29) is 80.8 Å². The summed E-state index contributed by atoms with van der Waals surface area (Å²) >= 11 is 0. The van der Waals surface area contributed by atoms with Gasteiger partial charge in [-0.3, -0.25) is 19.6 Å². The molecule has 0 aliphatic heterocycles. The number of nitrogens with one attached hydrogen (secondary N) is 2. The van der Waals surface area contributed by atoms with Crippen LogP contribution in [0.15, 0.2) is 0 Å². The fraction of sp³-hybridized carbons (Fsp3) is 0.816. The van der Waals surface area contributed by atoms with Crippen molar-refractivity contribution >= 4 is 66.9 Å². The van der Waals surface area contributed by atoms with E-state index in [4.69, 9.17) is 53.4 Å². The molecule has 4 aliphatic carbocycles. The van der Waals surface area contributed by atoms with E-state index in [1.165, 1.54) is 0 Å². The molecule has 4 rings (SSSR count). The number of hydroxylamine groups is 6. The predicted octanol–water partition coefficient (Wildman–Crippen LogP) is 3.53. The van der Waals surface area contributed by atoms with E-state index in [2.05, 4.69) is 4.84 Å². The van der Waals surface area contributed by atoms with Crippen molar-refractivity contribution in [2.75, 3.05) is 39.5 Å². The van der Waals surface area contributed by atoms with Gasteiger partial charge in [-0.15, -0.1) is 23.0 Å². The minimum atomic E-state index is -1.24. The molecule has 29 heteroatoms. The number of hydrogen-bond acceptors (Lipinski definition) is 23. The van der Waals surface area contributed by atoms with Crippen LogP contribution in [0.5, 0.6) is 0 Å². The minimum Gasteiger partial charge on any atom is -0.549 e. The standard InChI is InChI=1S/C17H29NO7.C10H17NO5.C10H19NO5.C7H12O3.C5H9NO3.ClH.Na/c1-8-22-12(19)17(9-10-17)11-18(13(20)23-15(2,3)4)25-14(21)24-16(5,6)7;1-9(2,3)16-8(14)11(15)6-10(4-5-10)7(12)13;1-9(2,3)14-7(12)11-16-8(13)15-10(4,5)6;1-2-10-6(9)7(5-8)3-4-7;7-4(8)5(1-2-5)3-6-9;;/h8-11H2,1-7H3;15H,4-6H2,1-3H3,(H,12,13);1-6H3,(H,11,12);8H,2-5H2,1H3;6,9H,1-3H2,(H,7,8);1H;/q;;;;;;+1/p-1. The first-order valence-electron chi connectivity index (χ1n) is 24.7. The number of rotatable bonds is 13. The number of carboxylic acid groups (broad SMARTS) is 2. The molecule has 0 atom stereocenters. The predicted molar refractivity (Wildman–Crippen MR) is 268 cm³/mol. The van der Waals surface area contributed by atoms with Gasteiger partial charge in [-0.25, -0.2) is 29.5 Å². The summed E-state index contributed by atoms with van der Waals surface area (Å²) < 4.78 is 34.6. The Bertz CT molecular complexity index is 1950. The quantitative estimate of drug-likeness (QED) is 0.0505. The van der Waals surface area contributed by atoms with E-state index < -0.39 is 98.2 Å². The zero-order valence-corrected chi connectivity index (χ0v) is 51.6. The van der Waals surface area contributed by atoms with Gasteiger partial charge in [-0.1, -0.05) is 0 Å². The van der Waals surface area contributed by atoms with Gasteiger partial charge in [0.25, 0.3) is 0 Å². The third-order valence-corrected chi connectivity index (χ3v) is 10.1. The number of esters is 2. The summed E-state index contributed by atoms with van der Waals surface area (Å²) in [7, 11) is 0. The first-order valence-corrected chi connectivity index (χ1v) is 24.7. The minimum absolute atomic E-state index is 0. The van der Waals surface area contributed by atoms with Gasteiger partial charge in [0.2, 0.25) is 0 Å². The molecule has 448 valence electrons. The molecule has 0 saturated heterocycles. The molecule has 4 aliphatic rings. The summed E-state index contributed by atoms with van der Waals surface area (Å²) in [6, 6.07) is 0. The molecule has 4 fully saturated rings. The first kappa shape index (κ1) is 77.6. The van der Waals surface area contributed by atoms with Crippen LogP contribution in [0, 0.1) is 21.7 Å². The van der Waals surface area contributed by atoms with Gasteiger partial charge >= 0.3 is 78.1 Å². The number of hydrogen-bond donors (Lipinski definition) is 6. The monoisotopic (exact) mass is 1160 g/mol. The summed E-state index contributed by atoms with van der Waals surface area (Å²) in [6.07, 6.45) is 0.135. The Hall–Kier alpha value is -4.64. The number of carboxylic acids is 2. The summed E-state index contributed by atoms with van der Waals surface area (Å²) in [4.78, 5) is 111. The molecule has 0 aromatic rings.